The van der Waals surface area contributed by atoms with Crippen molar-refractivity contribution in [1.82, 2.24) is 9.97 Å². The predicted molar refractivity (Wildman–Crippen MR) is 95.1 cm³/mol. The van der Waals surface area contributed by atoms with Crippen LogP contribution >= 0.6 is 11.8 Å². The molecule has 21 heavy (non-hydrogen) atoms. The second-order valence-corrected chi connectivity index (χ2v) is 12.3. The van der Waals surface area contributed by atoms with Gasteiger partial charge in [0.25, 0.3) is 0 Å². The molecule has 1 aromatic heterocycles. The number of hydrogen-bond donors (Lipinski definition) is 1. The summed E-state index contributed by atoms with van der Waals surface area (Å²) in [5, 5.41) is 2.51. The normalized spacial score (nSPS) is 12.0. The SMILES string of the molecule is C[Si](C)(C)c1ccc(CSc2nc3ccccc3[nH]2)cc1. The van der Waals surface area contributed by atoms with Crippen molar-refractivity contribution in [1.29, 1.82) is 0 Å². The van der Waals surface area contributed by atoms with Crippen LogP contribution in [0.5, 0.6) is 0 Å². The third-order valence-electron chi connectivity index (χ3n) is 3.56. The lowest BCUT2D eigenvalue weighted by Crippen LogP contribution is -2.37. The molecule has 0 aliphatic carbocycles. The Balaban J connectivity index is 1.69. The van der Waals surface area contributed by atoms with Crippen molar-refractivity contribution < 1.29 is 0 Å². The van der Waals surface area contributed by atoms with E-state index in [0.29, 0.717) is 0 Å². The summed E-state index contributed by atoms with van der Waals surface area (Å²) >= 11 is 1.76. The van der Waals surface area contributed by atoms with Gasteiger partial charge in [-0.3, -0.25) is 0 Å². The summed E-state index contributed by atoms with van der Waals surface area (Å²) in [7, 11) is -1.19. The van der Waals surface area contributed by atoms with Crippen LogP contribution in [0.1, 0.15) is 5.56 Å². The topological polar surface area (TPSA) is 28.7 Å². The Morgan fingerprint density at radius 1 is 1.00 bits per heavy atom. The highest BCUT2D eigenvalue weighted by Gasteiger charge is 2.15. The molecular weight excluding hydrogens is 292 g/mol. The van der Waals surface area contributed by atoms with E-state index in [1.165, 1.54) is 10.8 Å². The molecule has 3 aromatic rings. The van der Waals surface area contributed by atoms with E-state index < -0.39 is 8.07 Å². The highest BCUT2D eigenvalue weighted by molar-refractivity contribution is 7.98. The number of para-hydroxylation sites is 2. The van der Waals surface area contributed by atoms with Gasteiger partial charge in [0.05, 0.1) is 19.1 Å². The smallest absolute Gasteiger partial charge is 0.166 e. The van der Waals surface area contributed by atoms with Gasteiger partial charge in [0, 0.05) is 5.75 Å². The maximum atomic E-state index is 4.60. The molecular formula is C17H20N2SSi. The summed E-state index contributed by atoms with van der Waals surface area (Å²) in [6.45, 7) is 7.14. The zero-order chi connectivity index (χ0) is 14.9. The minimum atomic E-state index is -1.19. The van der Waals surface area contributed by atoms with Crippen molar-refractivity contribution in [3.05, 3.63) is 54.1 Å². The number of aromatic amines is 1. The van der Waals surface area contributed by atoms with Crippen LogP contribution in [0.3, 0.4) is 0 Å². The van der Waals surface area contributed by atoms with E-state index in [-0.39, 0.29) is 0 Å². The van der Waals surface area contributed by atoms with Crippen molar-refractivity contribution in [2.75, 3.05) is 0 Å². The molecule has 4 heteroatoms. The first-order valence-corrected chi connectivity index (χ1v) is 11.7. The summed E-state index contributed by atoms with van der Waals surface area (Å²) in [4.78, 5) is 7.96. The molecule has 0 fully saturated rings. The molecule has 0 spiro atoms. The molecule has 0 aliphatic rings. The van der Waals surface area contributed by atoms with Crippen molar-refractivity contribution in [3.63, 3.8) is 0 Å². The first-order valence-electron chi connectivity index (χ1n) is 7.19. The molecule has 0 saturated heterocycles. The molecule has 0 saturated carbocycles. The van der Waals surface area contributed by atoms with Crippen LogP contribution in [0, 0.1) is 0 Å². The summed E-state index contributed by atoms with van der Waals surface area (Å²) in [5.41, 5.74) is 3.49. The van der Waals surface area contributed by atoms with Crippen molar-refractivity contribution in [2.24, 2.45) is 0 Å². The Labute approximate surface area is 131 Å². The molecule has 3 rings (SSSR count). The first kappa shape index (κ1) is 14.4. The van der Waals surface area contributed by atoms with Gasteiger partial charge in [0.15, 0.2) is 5.16 Å². The summed E-state index contributed by atoms with van der Waals surface area (Å²) in [6, 6.07) is 17.2. The van der Waals surface area contributed by atoms with Crippen molar-refractivity contribution >= 4 is 36.1 Å². The van der Waals surface area contributed by atoms with Crippen LogP contribution in [0.15, 0.2) is 53.7 Å². The largest absolute Gasteiger partial charge is 0.333 e. The van der Waals surface area contributed by atoms with Gasteiger partial charge in [0.1, 0.15) is 0 Å². The molecule has 108 valence electrons. The van der Waals surface area contributed by atoms with E-state index in [9.17, 15) is 0 Å². The molecule has 0 amide bonds. The minimum absolute atomic E-state index is 0.950. The van der Waals surface area contributed by atoms with E-state index >= 15 is 0 Å². The first-order chi connectivity index (χ1) is 10.0. The van der Waals surface area contributed by atoms with Crippen LogP contribution in [-0.4, -0.2) is 18.0 Å². The molecule has 0 radical (unpaired) electrons. The van der Waals surface area contributed by atoms with Gasteiger partial charge < -0.3 is 4.98 Å². The van der Waals surface area contributed by atoms with E-state index in [4.69, 9.17) is 0 Å². The maximum absolute atomic E-state index is 4.60. The Morgan fingerprint density at radius 3 is 2.38 bits per heavy atom. The fourth-order valence-corrected chi connectivity index (χ4v) is 4.26. The standard InChI is InChI=1S/C17H20N2SSi/c1-21(2,3)14-10-8-13(9-11-14)12-20-17-18-15-6-4-5-7-16(15)19-17/h4-11H,12H2,1-3H3,(H,18,19). The highest BCUT2D eigenvalue weighted by Crippen LogP contribution is 2.22. The molecule has 1 N–H and O–H groups in total. The average Bonchev–Trinajstić information content (AvgIpc) is 2.87. The second-order valence-electron chi connectivity index (χ2n) is 6.29. The van der Waals surface area contributed by atoms with Gasteiger partial charge in [-0.15, -0.1) is 0 Å². The van der Waals surface area contributed by atoms with E-state index in [1.54, 1.807) is 11.8 Å². The number of aromatic nitrogens is 2. The number of imidazole rings is 1. The minimum Gasteiger partial charge on any atom is -0.333 e. The van der Waals surface area contributed by atoms with Gasteiger partial charge in [-0.25, -0.2) is 4.98 Å². The number of H-pyrrole nitrogens is 1. The third kappa shape index (κ3) is 3.39. The number of fused-ring (bicyclic) bond motifs is 1. The quantitative estimate of drug-likeness (QED) is 0.571. The Morgan fingerprint density at radius 2 is 1.71 bits per heavy atom. The lowest BCUT2D eigenvalue weighted by atomic mass is 10.2. The monoisotopic (exact) mass is 312 g/mol. The van der Waals surface area contributed by atoms with E-state index in [0.717, 1.165) is 21.9 Å². The van der Waals surface area contributed by atoms with Gasteiger partial charge in [-0.05, 0) is 17.7 Å². The second kappa shape index (κ2) is 5.70. The summed E-state index contributed by atoms with van der Waals surface area (Å²) in [6.07, 6.45) is 0. The Bertz CT molecular complexity index is 708. The molecule has 0 bridgehead atoms. The Hall–Kier alpha value is -1.52. The number of rotatable bonds is 4. The number of nitrogens with zero attached hydrogens (tertiary/aromatic N) is 1. The lowest BCUT2D eigenvalue weighted by Gasteiger charge is -2.16. The van der Waals surface area contributed by atoms with E-state index in [1.807, 2.05) is 18.2 Å². The zero-order valence-corrected chi connectivity index (χ0v) is 14.5. The summed E-state index contributed by atoms with van der Waals surface area (Å²) in [5.74, 6) is 0.950. The van der Waals surface area contributed by atoms with Crippen LogP contribution in [0.4, 0.5) is 0 Å². The van der Waals surface area contributed by atoms with Crippen LogP contribution in [-0.2, 0) is 5.75 Å². The molecule has 0 atom stereocenters. The number of thioether (sulfide) groups is 1. The molecule has 0 aliphatic heterocycles. The zero-order valence-electron chi connectivity index (χ0n) is 12.7. The number of benzene rings is 2. The average molecular weight is 313 g/mol. The van der Waals surface area contributed by atoms with Crippen molar-refractivity contribution in [3.8, 4) is 0 Å². The van der Waals surface area contributed by atoms with E-state index in [2.05, 4.69) is 59.9 Å². The van der Waals surface area contributed by atoms with Crippen molar-refractivity contribution in [2.45, 2.75) is 30.6 Å². The van der Waals surface area contributed by atoms with Crippen LogP contribution < -0.4 is 5.19 Å². The number of hydrogen-bond acceptors (Lipinski definition) is 2. The van der Waals surface area contributed by atoms with Crippen LogP contribution in [0.25, 0.3) is 11.0 Å². The molecule has 2 nitrogen and oxygen atoms in total. The lowest BCUT2D eigenvalue weighted by molar-refractivity contribution is 1.08. The van der Waals surface area contributed by atoms with Gasteiger partial charge >= 0.3 is 0 Å². The highest BCUT2D eigenvalue weighted by atomic mass is 32.2. The number of nitrogens with one attached hydrogen (secondary N) is 1. The molecule has 1 heterocycles. The third-order valence-corrected chi connectivity index (χ3v) is 6.57. The predicted octanol–water partition coefficient (Wildman–Crippen LogP) is 4.40. The fraction of sp³-hybridized carbons (Fsp3) is 0.235. The maximum Gasteiger partial charge on any atom is 0.166 e. The fourth-order valence-electron chi connectivity index (χ4n) is 2.25. The Kier molecular flexibility index (Phi) is 3.91. The van der Waals surface area contributed by atoms with Crippen LogP contribution in [0.2, 0.25) is 19.6 Å². The van der Waals surface area contributed by atoms with Gasteiger partial charge in [0.2, 0.25) is 0 Å². The van der Waals surface area contributed by atoms with Gasteiger partial charge in [-0.1, -0.05) is 73.0 Å². The summed E-state index contributed by atoms with van der Waals surface area (Å²) < 4.78 is 0. The van der Waals surface area contributed by atoms with Gasteiger partial charge in [-0.2, -0.15) is 0 Å². The molecule has 2 aromatic carbocycles. The molecule has 0 unspecified atom stereocenters.